The molecule has 0 aliphatic rings. The molecule has 2 rings (SSSR count). The van der Waals surface area contributed by atoms with Crippen molar-refractivity contribution >= 4 is 21.9 Å². The lowest BCUT2D eigenvalue weighted by molar-refractivity contribution is 0.0587. The van der Waals surface area contributed by atoms with E-state index < -0.39 is 5.97 Å². The normalized spacial score (nSPS) is 9.83. The summed E-state index contributed by atoms with van der Waals surface area (Å²) in [5.74, 6) is -0.677. The molecule has 7 heteroatoms. The van der Waals surface area contributed by atoms with E-state index >= 15 is 0 Å². The fourth-order valence-corrected chi connectivity index (χ4v) is 1.70. The Balaban J connectivity index is 2.49. The molecule has 0 aliphatic carbocycles. The molecule has 0 saturated heterocycles. The first-order chi connectivity index (χ1) is 8.65. The average Bonchev–Trinajstić information content (AvgIpc) is 2.87. The highest BCUT2D eigenvalue weighted by Gasteiger charge is 2.13. The molecule has 0 saturated carbocycles. The van der Waals surface area contributed by atoms with Crippen molar-refractivity contribution in [2.75, 3.05) is 7.11 Å². The predicted octanol–water partition coefficient (Wildman–Crippen LogP) is 1.69. The smallest absolute Gasteiger partial charge is 0.377 e. The highest BCUT2D eigenvalue weighted by Crippen LogP contribution is 2.19. The fraction of sp³-hybridized carbons (Fsp3) is 0.0909. The molecule has 1 heterocycles. The van der Waals surface area contributed by atoms with Gasteiger partial charge in [-0.1, -0.05) is 15.9 Å². The summed E-state index contributed by atoms with van der Waals surface area (Å²) in [5, 5.41) is 13.0. The highest BCUT2D eigenvalue weighted by atomic mass is 79.9. The molecule has 90 valence electrons. The van der Waals surface area contributed by atoms with Crippen molar-refractivity contribution in [1.29, 1.82) is 5.26 Å². The Hall–Kier alpha value is -2.20. The van der Waals surface area contributed by atoms with Gasteiger partial charge in [-0.15, -0.1) is 5.10 Å². The Morgan fingerprint density at radius 1 is 1.56 bits per heavy atom. The van der Waals surface area contributed by atoms with Crippen molar-refractivity contribution < 1.29 is 9.53 Å². The van der Waals surface area contributed by atoms with Gasteiger partial charge in [0.1, 0.15) is 12.4 Å². The van der Waals surface area contributed by atoms with E-state index in [0.29, 0.717) is 11.3 Å². The highest BCUT2D eigenvalue weighted by molar-refractivity contribution is 9.10. The second kappa shape index (κ2) is 4.98. The number of ether oxygens (including phenoxy) is 1. The summed E-state index contributed by atoms with van der Waals surface area (Å²) in [5.41, 5.74) is 0.967. The van der Waals surface area contributed by atoms with Gasteiger partial charge < -0.3 is 4.74 Å². The Labute approximate surface area is 111 Å². The van der Waals surface area contributed by atoms with Gasteiger partial charge in [-0.25, -0.2) is 14.5 Å². The number of carbonyl (C=O) groups is 1. The number of nitrogens with zero attached hydrogens (tertiary/aromatic N) is 4. The van der Waals surface area contributed by atoms with E-state index in [-0.39, 0.29) is 5.82 Å². The number of carbonyl (C=O) groups excluding carboxylic acids is 1. The number of methoxy groups -OCH3 is 1. The molecule has 2 aromatic rings. The number of hydrogen-bond donors (Lipinski definition) is 0. The molecular formula is C11H7BrN4O2. The van der Waals surface area contributed by atoms with Crippen LogP contribution in [0.5, 0.6) is 0 Å². The van der Waals surface area contributed by atoms with Crippen molar-refractivity contribution in [1.82, 2.24) is 14.8 Å². The summed E-state index contributed by atoms with van der Waals surface area (Å²) in [7, 11) is 1.25. The zero-order chi connectivity index (χ0) is 13.1. The number of benzene rings is 1. The van der Waals surface area contributed by atoms with E-state index in [1.165, 1.54) is 18.1 Å². The van der Waals surface area contributed by atoms with Crippen LogP contribution in [0.2, 0.25) is 0 Å². The van der Waals surface area contributed by atoms with Crippen LogP contribution in [0.4, 0.5) is 0 Å². The second-order valence-electron chi connectivity index (χ2n) is 3.28. The van der Waals surface area contributed by atoms with E-state index in [1.54, 1.807) is 18.2 Å². The van der Waals surface area contributed by atoms with Gasteiger partial charge in [0.15, 0.2) is 0 Å². The van der Waals surface area contributed by atoms with E-state index in [1.807, 2.05) is 6.07 Å². The van der Waals surface area contributed by atoms with Crippen LogP contribution in [0.15, 0.2) is 29.0 Å². The average molecular weight is 307 g/mol. The van der Waals surface area contributed by atoms with Crippen molar-refractivity contribution in [3.63, 3.8) is 0 Å². The van der Waals surface area contributed by atoms with Crippen LogP contribution in [0.25, 0.3) is 5.69 Å². The van der Waals surface area contributed by atoms with Gasteiger partial charge in [-0.3, -0.25) is 0 Å². The lowest BCUT2D eigenvalue weighted by Gasteiger charge is -2.03. The van der Waals surface area contributed by atoms with Crippen LogP contribution in [-0.4, -0.2) is 27.8 Å². The Morgan fingerprint density at radius 3 is 3.00 bits per heavy atom. The largest absolute Gasteiger partial charge is 0.463 e. The Morgan fingerprint density at radius 2 is 2.33 bits per heavy atom. The molecule has 0 radical (unpaired) electrons. The number of hydrogen-bond acceptors (Lipinski definition) is 5. The lowest BCUT2D eigenvalue weighted by Crippen LogP contribution is -2.05. The first-order valence-corrected chi connectivity index (χ1v) is 5.65. The summed E-state index contributed by atoms with van der Waals surface area (Å²) in [4.78, 5) is 15.1. The second-order valence-corrected chi connectivity index (χ2v) is 4.19. The van der Waals surface area contributed by atoms with Gasteiger partial charge in [-0.05, 0) is 18.2 Å². The van der Waals surface area contributed by atoms with E-state index in [4.69, 9.17) is 5.26 Å². The van der Waals surface area contributed by atoms with Crippen LogP contribution < -0.4 is 0 Å². The molecule has 0 atom stereocenters. The molecule has 0 fully saturated rings. The molecule has 6 nitrogen and oxygen atoms in total. The molecule has 18 heavy (non-hydrogen) atoms. The van der Waals surface area contributed by atoms with Crippen molar-refractivity contribution in [3.05, 3.63) is 40.4 Å². The monoisotopic (exact) mass is 306 g/mol. The van der Waals surface area contributed by atoms with Crippen LogP contribution in [0.1, 0.15) is 16.2 Å². The molecule has 0 spiro atoms. The van der Waals surface area contributed by atoms with Crippen LogP contribution in [0, 0.1) is 11.3 Å². The number of nitriles is 1. The van der Waals surface area contributed by atoms with Gasteiger partial charge in [0.05, 0.1) is 18.4 Å². The van der Waals surface area contributed by atoms with E-state index in [0.717, 1.165) is 4.47 Å². The molecule has 1 aromatic carbocycles. The van der Waals surface area contributed by atoms with E-state index in [2.05, 4.69) is 30.7 Å². The Kier molecular flexibility index (Phi) is 3.39. The molecular weight excluding hydrogens is 300 g/mol. The van der Waals surface area contributed by atoms with E-state index in [9.17, 15) is 4.79 Å². The van der Waals surface area contributed by atoms with Gasteiger partial charge >= 0.3 is 5.97 Å². The van der Waals surface area contributed by atoms with Gasteiger partial charge in [0.2, 0.25) is 0 Å². The van der Waals surface area contributed by atoms with Crippen molar-refractivity contribution in [2.45, 2.75) is 0 Å². The topological polar surface area (TPSA) is 80.8 Å². The zero-order valence-corrected chi connectivity index (χ0v) is 10.9. The Bertz CT molecular complexity index is 645. The minimum atomic E-state index is -0.623. The summed E-state index contributed by atoms with van der Waals surface area (Å²) in [6.45, 7) is 0. The summed E-state index contributed by atoms with van der Waals surface area (Å²) >= 11 is 3.31. The maximum Gasteiger partial charge on any atom is 0.377 e. The van der Waals surface area contributed by atoms with Gasteiger partial charge in [0, 0.05) is 4.47 Å². The predicted molar refractivity (Wildman–Crippen MR) is 65.1 cm³/mol. The summed E-state index contributed by atoms with van der Waals surface area (Å²) < 4.78 is 6.67. The minimum absolute atomic E-state index is 0.0543. The number of halogens is 1. The fourth-order valence-electron chi connectivity index (χ4n) is 1.35. The maximum absolute atomic E-state index is 11.2. The zero-order valence-electron chi connectivity index (χ0n) is 9.29. The van der Waals surface area contributed by atoms with Crippen LogP contribution in [0.3, 0.4) is 0 Å². The SMILES string of the molecule is COC(=O)c1ncn(-c2cc(Br)ccc2C#N)n1. The summed E-state index contributed by atoms with van der Waals surface area (Å²) in [6, 6.07) is 7.17. The van der Waals surface area contributed by atoms with Gasteiger partial charge in [0.25, 0.3) is 5.82 Å². The van der Waals surface area contributed by atoms with Crippen LogP contribution in [-0.2, 0) is 4.74 Å². The molecule has 1 aromatic heterocycles. The first kappa shape index (κ1) is 12.3. The first-order valence-electron chi connectivity index (χ1n) is 4.85. The molecule has 0 bridgehead atoms. The third-order valence-electron chi connectivity index (χ3n) is 2.19. The number of rotatable bonds is 2. The quantitative estimate of drug-likeness (QED) is 0.789. The maximum atomic E-state index is 11.2. The molecule has 0 unspecified atom stereocenters. The van der Waals surface area contributed by atoms with Crippen molar-refractivity contribution in [2.24, 2.45) is 0 Å². The lowest BCUT2D eigenvalue weighted by atomic mass is 10.2. The summed E-state index contributed by atoms with van der Waals surface area (Å²) in [6.07, 6.45) is 1.36. The third kappa shape index (κ3) is 2.24. The molecule has 0 aliphatic heterocycles. The minimum Gasteiger partial charge on any atom is -0.463 e. The van der Waals surface area contributed by atoms with Crippen LogP contribution >= 0.6 is 15.9 Å². The molecule has 0 amide bonds. The van der Waals surface area contributed by atoms with Gasteiger partial charge in [-0.2, -0.15) is 5.26 Å². The molecule has 0 N–H and O–H groups in total. The number of aromatic nitrogens is 3. The third-order valence-corrected chi connectivity index (χ3v) is 2.68. The number of esters is 1. The van der Waals surface area contributed by atoms with Crippen molar-refractivity contribution in [3.8, 4) is 11.8 Å². The standard InChI is InChI=1S/C11H7BrN4O2/c1-18-11(17)10-14-6-16(15-10)9-4-8(12)3-2-7(9)5-13/h2-4,6H,1H3.